The van der Waals surface area contributed by atoms with E-state index in [0.29, 0.717) is 16.0 Å². The largest absolute Gasteiger partial charge is 0.459 e. The fraction of sp³-hybridized carbons (Fsp3) is 0.533. The second kappa shape index (κ2) is 6.59. The molecule has 0 aliphatic heterocycles. The third-order valence-corrected chi connectivity index (χ3v) is 3.55. The van der Waals surface area contributed by atoms with Gasteiger partial charge in [0.2, 0.25) is 0 Å². The van der Waals surface area contributed by atoms with Crippen LogP contribution in [0.5, 0.6) is 0 Å². The molecule has 0 saturated carbocycles. The Morgan fingerprint density at radius 1 is 1.45 bits per heavy atom. The van der Waals surface area contributed by atoms with E-state index in [4.69, 9.17) is 4.74 Å². The van der Waals surface area contributed by atoms with Crippen molar-refractivity contribution in [2.24, 2.45) is 0 Å². The molecular formula is C15H21FO3S. The van der Waals surface area contributed by atoms with Gasteiger partial charge in [0.1, 0.15) is 11.4 Å². The van der Waals surface area contributed by atoms with Crippen molar-refractivity contribution in [2.75, 3.05) is 5.75 Å². The molecule has 0 aliphatic rings. The monoisotopic (exact) mass is 300 g/mol. The van der Waals surface area contributed by atoms with Gasteiger partial charge >= 0.3 is 5.97 Å². The first-order chi connectivity index (χ1) is 9.10. The van der Waals surface area contributed by atoms with E-state index >= 15 is 0 Å². The highest BCUT2D eigenvalue weighted by molar-refractivity contribution is 8.00. The van der Waals surface area contributed by atoms with E-state index in [2.05, 4.69) is 0 Å². The summed E-state index contributed by atoms with van der Waals surface area (Å²) in [4.78, 5) is 12.4. The van der Waals surface area contributed by atoms with Gasteiger partial charge in [0, 0.05) is 4.90 Å². The van der Waals surface area contributed by atoms with Gasteiger partial charge in [-0.15, -0.1) is 11.8 Å². The van der Waals surface area contributed by atoms with E-state index in [1.54, 1.807) is 40.7 Å². The van der Waals surface area contributed by atoms with Gasteiger partial charge in [-0.2, -0.15) is 0 Å². The molecule has 0 fully saturated rings. The van der Waals surface area contributed by atoms with Crippen LogP contribution < -0.4 is 0 Å². The molecule has 1 aromatic carbocycles. The van der Waals surface area contributed by atoms with Gasteiger partial charge in [-0.1, -0.05) is 0 Å². The Hall–Kier alpha value is -1.07. The van der Waals surface area contributed by atoms with Crippen molar-refractivity contribution in [3.05, 3.63) is 29.1 Å². The molecular weight excluding hydrogens is 279 g/mol. The molecule has 1 unspecified atom stereocenters. The number of aryl methyl sites for hydroxylation is 1. The number of carbonyl (C=O) groups is 1. The SMILES string of the molecule is Cc1cc(SCC(=O)OC(C)(C)C)c(C(C)O)cc1F. The molecule has 0 bridgehead atoms. The van der Waals surface area contributed by atoms with Crippen LogP contribution in [-0.4, -0.2) is 22.4 Å². The summed E-state index contributed by atoms with van der Waals surface area (Å²) in [6.45, 7) is 8.64. The molecule has 0 heterocycles. The van der Waals surface area contributed by atoms with Gasteiger partial charge in [-0.3, -0.25) is 4.79 Å². The van der Waals surface area contributed by atoms with E-state index in [0.717, 1.165) is 0 Å². The average molecular weight is 300 g/mol. The molecule has 112 valence electrons. The van der Waals surface area contributed by atoms with Crippen LogP contribution in [-0.2, 0) is 9.53 Å². The number of esters is 1. The molecule has 0 aliphatic carbocycles. The number of benzene rings is 1. The summed E-state index contributed by atoms with van der Waals surface area (Å²) in [6.07, 6.45) is -0.786. The zero-order valence-corrected chi connectivity index (χ0v) is 13.3. The standard InChI is InChI=1S/C15H21FO3S/c1-9-6-13(11(10(2)17)7-12(9)16)20-8-14(18)19-15(3,4)5/h6-7,10,17H,8H2,1-5H3. The predicted molar refractivity (Wildman–Crippen MR) is 78.3 cm³/mol. The highest BCUT2D eigenvalue weighted by atomic mass is 32.2. The number of ether oxygens (including phenoxy) is 1. The van der Waals surface area contributed by atoms with Gasteiger partial charge in [0.25, 0.3) is 0 Å². The van der Waals surface area contributed by atoms with Gasteiger partial charge in [-0.05, 0) is 57.9 Å². The predicted octanol–water partition coefficient (Wildman–Crippen LogP) is 3.62. The fourth-order valence-corrected chi connectivity index (χ4v) is 2.62. The van der Waals surface area contributed by atoms with Crippen molar-refractivity contribution >= 4 is 17.7 Å². The van der Waals surface area contributed by atoms with Gasteiger partial charge in [0.05, 0.1) is 11.9 Å². The molecule has 0 spiro atoms. The van der Waals surface area contributed by atoms with Crippen LogP contribution in [0.1, 0.15) is 44.9 Å². The first-order valence-electron chi connectivity index (χ1n) is 6.43. The Morgan fingerprint density at radius 3 is 2.55 bits per heavy atom. The number of halogens is 1. The minimum atomic E-state index is -0.786. The van der Waals surface area contributed by atoms with E-state index < -0.39 is 11.7 Å². The van der Waals surface area contributed by atoms with E-state index in [1.165, 1.54) is 17.8 Å². The van der Waals surface area contributed by atoms with Gasteiger partial charge in [-0.25, -0.2) is 4.39 Å². The Kier molecular flexibility index (Phi) is 5.59. The summed E-state index contributed by atoms with van der Waals surface area (Å²) in [6, 6.07) is 2.96. The molecule has 0 radical (unpaired) electrons. The van der Waals surface area contributed by atoms with Crippen LogP contribution in [0.2, 0.25) is 0 Å². The zero-order valence-electron chi connectivity index (χ0n) is 12.5. The third kappa shape index (κ3) is 5.13. The average Bonchev–Trinajstić information content (AvgIpc) is 2.27. The molecule has 0 aromatic heterocycles. The first-order valence-corrected chi connectivity index (χ1v) is 7.41. The van der Waals surface area contributed by atoms with E-state index in [-0.39, 0.29) is 17.5 Å². The van der Waals surface area contributed by atoms with Crippen LogP contribution in [0, 0.1) is 12.7 Å². The number of hydrogen-bond acceptors (Lipinski definition) is 4. The molecule has 5 heteroatoms. The van der Waals surface area contributed by atoms with Crippen molar-refractivity contribution in [3.63, 3.8) is 0 Å². The summed E-state index contributed by atoms with van der Waals surface area (Å²) in [5, 5.41) is 9.68. The fourth-order valence-electron chi connectivity index (χ4n) is 1.63. The summed E-state index contributed by atoms with van der Waals surface area (Å²) in [5.41, 5.74) is 0.450. The number of rotatable bonds is 4. The number of aliphatic hydroxyl groups excluding tert-OH is 1. The van der Waals surface area contributed by atoms with Gasteiger partial charge in [0.15, 0.2) is 0 Å². The topological polar surface area (TPSA) is 46.5 Å². The van der Waals surface area contributed by atoms with Crippen LogP contribution >= 0.6 is 11.8 Å². The van der Waals surface area contributed by atoms with Crippen molar-refractivity contribution < 1.29 is 19.0 Å². The maximum absolute atomic E-state index is 13.5. The molecule has 1 aromatic rings. The lowest BCUT2D eigenvalue weighted by atomic mass is 10.1. The lowest BCUT2D eigenvalue weighted by Crippen LogP contribution is -2.24. The molecule has 1 N–H and O–H groups in total. The highest BCUT2D eigenvalue weighted by Gasteiger charge is 2.18. The van der Waals surface area contributed by atoms with Crippen molar-refractivity contribution in [1.29, 1.82) is 0 Å². The minimum absolute atomic E-state index is 0.127. The van der Waals surface area contributed by atoms with Crippen molar-refractivity contribution in [2.45, 2.75) is 51.2 Å². The van der Waals surface area contributed by atoms with Crippen LogP contribution in [0.25, 0.3) is 0 Å². The quantitative estimate of drug-likeness (QED) is 0.681. The first kappa shape index (κ1) is 17.0. The second-order valence-electron chi connectivity index (χ2n) is 5.69. The summed E-state index contributed by atoms with van der Waals surface area (Å²) in [5.74, 6) is -0.564. The summed E-state index contributed by atoms with van der Waals surface area (Å²) in [7, 11) is 0. The number of carbonyl (C=O) groups excluding carboxylic acids is 1. The smallest absolute Gasteiger partial charge is 0.316 e. The number of aliphatic hydroxyl groups is 1. The molecule has 3 nitrogen and oxygen atoms in total. The molecule has 1 atom stereocenters. The van der Waals surface area contributed by atoms with Crippen molar-refractivity contribution in [1.82, 2.24) is 0 Å². The highest BCUT2D eigenvalue weighted by Crippen LogP contribution is 2.30. The van der Waals surface area contributed by atoms with Gasteiger partial charge < -0.3 is 9.84 Å². The lowest BCUT2D eigenvalue weighted by molar-refractivity contribution is -0.151. The normalized spacial score (nSPS) is 13.2. The molecule has 1 rings (SSSR count). The van der Waals surface area contributed by atoms with Crippen LogP contribution in [0.15, 0.2) is 17.0 Å². The van der Waals surface area contributed by atoms with Crippen LogP contribution in [0.4, 0.5) is 4.39 Å². The third-order valence-electron chi connectivity index (χ3n) is 2.51. The maximum atomic E-state index is 13.5. The molecule has 0 amide bonds. The lowest BCUT2D eigenvalue weighted by Gasteiger charge is -2.19. The second-order valence-corrected chi connectivity index (χ2v) is 6.71. The maximum Gasteiger partial charge on any atom is 0.316 e. The summed E-state index contributed by atoms with van der Waals surface area (Å²) < 4.78 is 18.7. The van der Waals surface area contributed by atoms with E-state index in [1.807, 2.05) is 0 Å². The minimum Gasteiger partial charge on any atom is -0.459 e. The van der Waals surface area contributed by atoms with E-state index in [9.17, 15) is 14.3 Å². The molecule has 0 saturated heterocycles. The van der Waals surface area contributed by atoms with Crippen LogP contribution in [0.3, 0.4) is 0 Å². The Morgan fingerprint density at radius 2 is 2.05 bits per heavy atom. The Balaban J connectivity index is 2.82. The number of hydrogen-bond donors (Lipinski definition) is 1. The Labute approximate surface area is 123 Å². The molecule has 20 heavy (non-hydrogen) atoms. The zero-order chi connectivity index (χ0) is 15.5. The summed E-state index contributed by atoms with van der Waals surface area (Å²) >= 11 is 1.25. The van der Waals surface area contributed by atoms with Crippen molar-refractivity contribution in [3.8, 4) is 0 Å². The number of thioether (sulfide) groups is 1. The Bertz CT molecular complexity index is 493.